The van der Waals surface area contributed by atoms with Crippen LogP contribution in [0, 0.1) is 6.92 Å². The van der Waals surface area contributed by atoms with Crippen molar-refractivity contribution in [2.45, 2.75) is 6.92 Å². The Morgan fingerprint density at radius 2 is 1.83 bits per heavy atom. The summed E-state index contributed by atoms with van der Waals surface area (Å²) in [5.74, 6) is 1.36. The molecule has 4 rings (SSSR count). The molecule has 0 bridgehead atoms. The fourth-order valence-corrected chi connectivity index (χ4v) is 2.70. The molecule has 0 radical (unpaired) electrons. The van der Waals surface area contributed by atoms with Crippen molar-refractivity contribution in [3.8, 4) is 11.5 Å². The number of benzene rings is 2. The fourth-order valence-electron chi connectivity index (χ4n) is 2.70. The first kappa shape index (κ1) is 13.7. The Morgan fingerprint density at radius 1 is 1.04 bits per heavy atom. The maximum atomic E-state index is 12.5. The van der Waals surface area contributed by atoms with Gasteiger partial charge in [0.15, 0.2) is 17.3 Å². The molecular weight excluding hydrogens is 294 g/mol. The fraction of sp³-hybridized carbons (Fsp3) is 0.167. The van der Waals surface area contributed by atoms with Crippen LogP contribution in [0.4, 0.5) is 5.69 Å². The van der Waals surface area contributed by atoms with E-state index >= 15 is 0 Å². The number of amides is 1. The van der Waals surface area contributed by atoms with Gasteiger partial charge in [-0.25, -0.2) is 0 Å². The number of para-hydroxylation sites is 1. The predicted molar refractivity (Wildman–Crippen MR) is 86.3 cm³/mol. The lowest BCUT2D eigenvalue weighted by molar-refractivity contribution is 0.0998. The van der Waals surface area contributed by atoms with Crippen LogP contribution < -0.4 is 14.8 Å². The van der Waals surface area contributed by atoms with Gasteiger partial charge in [-0.3, -0.25) is 4.79 Å². The Kier molecular flexibility index (Phi) is 3.19. The number of anilines is 1. The molecule has 0 aliphatic carbocycles. The van der Waals surface area contributed by atoms with Crippen molar-refractivity contribution in [2.24, 2.45) is 0 Å². The van der Waals surface area contributed by atoms with Crippen LogP contribution >= 0.6 is 0 Å². The van der Waals surface area contributed by atoms with Gasteiger partial charge in [0.2, 0.25) is 0 Å². The monoisotopic (exact) mass is 309 g/mol. The van der Waals surface area contributed by atoms with Crippen molar-refractivity contribution in [3.63, 3.8) is 0 Å². The molecule has 1 aromatic heterocycles. The second-order valence-corrected chi connectivity index (χ2v) is 5.36. The largest absolute Gasteiger partial charge is 0.486 e. The molecule has 0 unspecified atom stereocenters. The summed E-state index contributed by atoms with van der Waals surface area (Å²) in [6.07, 6.45) is 0. The van der Waals surface area contributed by atoms with Crippen LogP contribution in [0.2, 0.25) is 0 Å². The molecule has 23 heavy (non-hydrogen) atoms. The molecule has 5 heteroatoms. The summed E-state index contributed by atoms with van der Waals surface area (Å²) < 4.78 is 16.7. The van der Waals surface area contributed by atoms with E-state index in [0.29, 0.717) is 41.7 Å². The smallest absolute Gasteiger partial charge is 0.291 e. The van der Waals surface area contributed by atoms with Crippen molar-refractivity contribution >= 4 is 22.6 Å². The van der Waals surface area contributed by atoms with Gasteiger partial charge in [0.1, 0.15) is 18.8 Å². The zero-order valence-electron chi connectivity index (χ0n) is 12.6. The highest BCUT2D eigenvalue weighted by molar-refractivity contribution is 6.06. The Bertz CT molecular complexity index is 897. The van der Waals surface area contributed by atoms with Crippen molar-refractivity contribution in [1.29, 1.82) is 0 Å². The minimum absolute atomic E-state index is 0.282. The van der Waals surface area contributed by atoms with E-state index in [1.165, 1.54) is 0 Å². The predicted octanol–water partition coefficient (Wildman–Crippen LogP) is 3.76. The number of carbonyl (C=O) groups excluding carboxylic acids is 1. The number of ether oxygens (including phenoxy) is 2. The van der Waals surface area contributed by atoms with Crippen molar-refractivity contribution < 1.29 is 18.7 Å². The molecule has 0 atom stereocenters. The quantitative estimate of drug-likeness (QED) is 0.783. The first-order chi connectivity index (χ1) is 11.2. The summed E-state index contributed by atoms with van der Waals surface area (Å²) in [4.78, 5) is 12.5. The lowest BCUT2D eigenvalue weighted by Crippen LogP contribution is -2.16. The van der Waals surface area contributed by atoms with Crippen molar-refractivity contribution in [1.82, 2.24) is 0 Å². The van der Waals surface area contributed by atoms with Crippen LogP contribution in [-0.4, -0.2) is 19.1 Å². The summed E-state index contributed by atoms with van der Waals surface area (Å²) in [7, 11) is 0. The van der Waals surface area contributed by atoms with E-state index < -0.39 is 0 Å². The zero-order chi connectivity index (χ0) is 15.8. The Hall–Kier alpha value is -2.95. The molecule has 1 amide bonds. The van der Waals surface area contributed by atoms with Gasteiger partial charge in [0, 0.05) is 22.7 Å². The Labute approximate surface area is 132 Å². The summed E-state index contributed by atoms with van der Waals surface area (Å²) in [5, 5.41) is 3.79. The van der Waals surface area contributed by atoms with E-state index in [2.05, 4.69) is 5.32 Å². The Morgan fingerprint density at radius 3 is 2.65 bits per heavy atom. The third kappa shape index (κ3) is 2.40. The number of fused-ring (bicyclic) bond motifs is 2. The molecule has 2 aromatic carbocycles. The van der Waals surface area contributed by atoms with Crippen LogP contribution in [-0.2, 0) is 0 Å². The highest BCUT2D eigenvalue weighted by Crippen LogP contribution is 2.33. The van der Waals surface area contributed by atoms with Gasteiger partial charge >= 0.3 is 0 Å². The molecule has 1 aliphatic rings. The maximum Gasteiger partial charge on any atom is 0.291 e. The van der Waals surface area contributed by atoms with Gasteiger partial charge in [0.25, 0.3) is 5.91 Å². The SMILES string of the molecule is Cc1c(C(=O)Nc2ccc3c(c2)OCCO3)oc2ccccc12. The summed E-state index contributed by atoms with van der Waals surface area (Å²) >= 11 is 0. The van der Waals surface area contributed by atoms with Gasteiger partial charge < -0.3 is 19.2 Å². The molecule has 3 aromatic rings. The third-order valence-corrected chi connectivity index (χ3v) is 3.85. The van der Waals surface area contributed by atoms with E-state index in [1.807, 2.05) is 31.2 Å². The maximum absolute atomic E-state index is 12.5. The second kappa shape index (κ2) is 5.35. The number of hydrogen-bond acceptors (Lipinski definition) is 4. The van der Waals surface area contributed by atoms with Gasteiger partial charge in [-0.1, -0.05) is 18.2 Å². The highest BCUT2D eigenvalue weighted by atomic mass is 16.6. The molecule has 1 N–H and O–H groups in total. The number of hydrogen-bond donors (Lipinski definition) is 1. The molecule has 0 saturated carbocycles. The van der Waals surface area contributed by atoms with Crippen LogP contribution in [0.1, 0.15) is 16.1 Å². The van der Waals surface area contributed by atoms with Crippen LogP contribution in [0.5, 0.6) is 11.5 Å². The van der Waals surface area contributed by atoms with Gasteiger partial charge in [-0.2, -0.15) is 0 Å². The summed E-state index contributed by atoms with van der Waals surface area (Å²) in [5.41, 5.74) is 2.17. The van der Waals surface area contributed by atoms with E-state index in [4.69, 9.17) is 13.9 Å². The van der Waals surface area contributed by atoms with E-state index in [9.17, 15) is 4.79 Å². The number of furan rings is 1. The van der Waals surface area contributed by atoms with Crippen molar-refractivity contribution in [2.75, 3.05) is 18.5 Å². The number of rotatable bonds is 2. The van der Waals surface area contributed by atoms with Crippen LogP contribution in [0.15, 0.2) is 46.9 Å². The minimum atomic E-state index is -0.282. The molecule has 2 heterocycles. The average Bonchev–Trinajstić information content (AvgIpc) is 2.92. The van der Waals surface area contributed by atoms with Gasteiger partial charge in [-0.05, 0) is 25.1 Å². The van der Waals surface area contributed by atoms with E-state index in [1.54, 1.807) is 18.2 Å². The number of carbonyl (C=O) groups is 1. The average molecular weight is 309 g/mol. The number of nitrogens with one attached hydrogen (secondary N) is 1. The number of aryl methyl sites for hydroxylation is 1. The molecule has 116 valence electrons. The molecule has 0 fully saturated rings. The molecule has 5 nitrogen and oxygen atoms in total. The second-order valence-electron chi connectivity index (χ2n) is 5.36. The Balaban J connectivity index is 1.63. The third-order valence-electron chi connectivity index (χ3n) is 3.85. The summed E-state index contributed by atoms with van der Waals surface area (Å²) in [6, 6.07) is 12.9. The first-order valence-electron chi connectivity index (χ1n) is 7.41. The van der Waals surface area contributed by atoms with E-state index in [0.717, 1.165) is 10.9 Å². The molecular formula is C18H15NO4. The highest BCUT2D eigenvalue weighted by Gasteiger charge is 2.18. The van der Waals surface area contributed by atoms with Crippen LogP contribution in [0.25, 0.3) is 11.0 Å². The topological polar surface area (TPSA) is 60.7 Å². The lowest BCUT2D eigenvalue weighted by atomic mass is 10.1. The van der Waals surface area contributed by atoms with Crippen LogP contribution in [0.3, 0.4) is 0 Å². The molecule has 1 aliphatic heterocycles. The van der Waals surface area contributed by atoms with E-state index in [-0.39, 0.29) is 5.91 Å². The zero-order valence-corrected chi connectivity index (χ0v) is 12.6. The van der Waals surface area contributed by atoms with Crippen molar-refractivity contribution in [3.05, 3.63) is 53.8 Å². The standard InChI is InChI=1S/C18H15NO4/c1-11-13-4-2-3-5-14(13)23-17(11)18(20)19-12-6-7-15-16(10-12)22-9-8-21-15/h2-7,10H,8-9H2,1H3,(H,19,20). The lowest BCUT2D eigenvalue weighted by Gasteiger charge is -2.18. The first-order valence-corrected chi connectivity index (χ1v) is 7.41. The molecule has 0 spiro atoms. The normalized spacial score (nSPS) is 13.1. The van der Waals surface area contributed by atoms with Gasteiger partial charge in [-0.15, -0.1) is 0 Å². The minimum Gasteiger partial charge on any atom is -0.486 e. The summed E-state index contributed by atoms with van der Waals surface area (Å²) in [6.45, 7) is 2.93. The van der Waals surface area contributed by atoms with Gasteiger partial charge in [0.05, 0.1) is 0 Å². The molecule has 0 saturated heterocycles.